The Labute approximate surface area is 133 Å². The van der Waals surface area contributed by atoms with Crippen molar-refractivity contribution in [3.05, 3.63) is 46.6 Å². The second-order valence-electron chi connectivity index (χ2n) is 4.45. The predicted molar refractivity (Wildman–Crippen MR) is 88.1 cm³/mol. The number of nitrogens with zero attached hydrogens (tertiary/aromatic N) is 1. The van der Waals surface area contributed by atoms with Crippen molar-refractivity contribution < 1.29 is 8.42 Å². The van der Waals surface area contributed by atoms with Crippen LogP contribution in [0.4, 0.5) is 11.5 Å². The third-order valence-corrected chi connectivity index (χ3v) is 5.25. The molecule has 0 aliphatic rings. The topological polar surface area (TPSA) is 71.1 Å². The maximum Gasteiger partial charge on any atom is 0.262 e. The molecule has 21 heavy (non-hydrogen) atoms. The van der Waals surface area contributed by atoms with Crippen LogP contribution >= 0.6 is 15.9 Å². The third-order valence-electron chi connectivity index (χ3n) is 2.84. The first-order chi connectivity index (χ1) is 9.94. The maximum absolute atomic E-state index is 12.4. The molecule has 2 aromatic rings. The number of hydrogen-bond acceptors (Lipinski definition) is 4. The summed E-state index contributed by atoms with van der Waals surface area (Å²) in [5.74, 6) is 0.531. The Kier molecular flexibility index (Phi) is 4.84. The highest BCUT2D eigenvalue weighted by molar-refractivity contribution is 9.10. The molecule has 0 spiro atoms. The van der Waals surface area contributed by atoms with Crippen LogP contribution in [0.25, 0.3) is 0 Å². The number of benzene rings is 1. The van der Waals surface area contributed by atoms with Gasteiger partial charge in [0.05, 0.1) is 10.6 Å². The zero-order valence-corrected chi connectivity index (χ0v) is 14.1. The van der Waals surface area contributed by atoms with E-state index in [9.17, 15) is 8.42 Å². The van der Waals surface area contributed by atoms with E-state index in [0.717, 1.165) is 10.0 Å². The first kappa shape index (κ1) is 15.8. The Morgan fingerprint density at radius 2 is 2.05 bits per heavy atom. The number of aryl methyl sites for hydroxylation is 1. The number of halogens is 1. The van der Waals surface area contributed by atoms with E-state index in [4.69, 9.17) is 0 Å². The summed E-state index contributed by atoms with van der Waals surface area (Å²) in [6, 6.07) is 8.38. The molecule has 1 aromatic heterocycles. The summed E-state index contributed by atoms with van der Waals surface area (Å²) in [4.78, 5) is 4.24. The molecule has 0 radical (unpaired) electrons. The lowest BCUT2D eigenvalue weighted by Crippen LogP contribution is -2.14. The molecule has 1 heterocycles. The lowest BCUT2D eigenvalue weighted by molar-refractivity contribution is 0.601. The van der Waals surface area contributed by atoms with E-state index in [1.165, 1.54) is 18.3 Å². The van der Waals surface area contributed by atoms with Gasteiger partial charge in [-0.25, -0.2) is 13.4 Å². The van der Waals surface area contributed by atoms with Gasteiger partial charge >= 0.3 is 0 Å². The fourth-order valence-corrected chi connectivity index (χ4v) is 3.36. The number of nitrogens with one attached hydrogen (secondary N) is 2. The molecule has 1 aromatic carbocycles. The molecule has 0 fully saturated rings. The highest BCUT2D eigenvalue weighted by Crippen LogP contribution is 2.28. The van der Waals surface area contributed by atoms with E-state index < -0.39 is 10.0 Å². The van der Waals surface area contributed by atoms with Gasteiger partial charge in [0, 0.05) is 23.3 Å². The lowest BCUT2D eigenvalue weighted by Gasteiger charge is -2.12. The maximum atomic E-state index is 12.4. The molecule has 7 heteroatoms. The molecule has 2 rings (SSSR count). The van der Waals surface area contributed by atoms with E-state index in [0.29, 0.717) is 18.1 Å². The van der Waals surface area contributed by atoms with E-state index in [-0.39, 0.29) is 4.90 Å². The fraction of sp³-hybridized carbons (Fsp3) is 0.214. The standard InChI is InChI=1S/C14H16BrN3O2S/c1-3-16-13-9-11(7-8-17-13)21(19,20)18-12-6-4-5-10(2)14(12)15/h4-9,18H,3H2,1-2H3,(H,16,17). The molecular formula is C14H16BrN3O2S. The number of anilines is 2. The molecule has 0 aliphatic carbocycles. The van der Waals surface area contributed by atoms with Crippen molar-refractivity contribution in [2.45, 2.75) is 18.7 Å². The molecule has 5 nitrogen and oxygen atoms in total. The smallest absolute Gasteiger partial charge is 0.262 e. The summed E-state index contributed by atoms with van der Waals surface area (Å²) < 4.78 is 28.2. The fourth-order valence-electron chi connectivity index (χ4n) is 1.79. The van der Waals surface area contributed by atoms with Crippen LogP contribution in [0.3, 0.4) is 0 Å². The van der Waals surface area contributed by atoms with Gasteiger partial charge in [0.1, 0.15) is 5.82 Å². The molecule has 112 valence electrons. The summed E-state index contributed by atoms with van der Waals surface area (Å²) in [5, 5.41) is 2.99. The lowest BCUT2D eigenvalue weighted by atomic mass is 10.2. The van der Waals surface area contributed by atoms with Crippen molar-refractivity contribution in [3.63, 3.8) is 0 Å². The van der Waals surface area contributed by atoms with Gasteiger partial charge in [-0.3, -0.25) is 4.72 Å². The van der Waals surface area contributed by atoms with E-state index in [2.05, 4.69) is 31.0 Å². The van der Waals surface area contributed by atoms with Crippen LogP contribution in [0.2, 0.25) is 0 Å². The first-order valence-electron chi connectivity index (χ1n) is 6.42. The van der Waals surface area contributed by atoms with Crippen LogP contribution in [-0.2, 0) is 10.0 Å². The van der Waals surface area contributed by atoms with Gasteiger partial charge in [-0.2, -0.15) is 0 Å². The molecule has 2 N–H and O–H groups in total. The molecule has 0 aliphatic heterocycles. The molecule has 0 amide bonds. The van der Waals surface area contributed by atoms with Gasteiger partial charge in [0.15, 0.2) is 0 Å². The van der Waals surface area contributed by atoms with Crippen molar-refractivity contribution in [2.75, 3.05) is 16.6 Å². The van der Waals surface area contributed by atoms with E-state index in [1.54, 1.807) is 12.1 Å². The van der Waals surface area contributed by atoms with Gasteiger partial charge in [0.2, 0.25) is 0 Å². The van der Waals surface area contributed by atoms with Crippen molar-refractivity contribution in [2.24, 2.45) is 0 Å². The Balaban J connectivity index is 2.34. The van der Waals surface area contributed by atoms with Gasteiger partial charge < -0.3 is 5.32 Å². The SMILES string of the molecule is CCNc1cc(S(=O)(=O)Nc2cccc(C)c2Br)ccn1. The number of aromatic nitrogens is 1. The van der Waals surface area contributed by atoms with Crippen LogP contribution in [-0.4, -0.2) is 19.9 Å². The minimum Gasteiger partial charge on any atom is -0.370 e. The molecule has 0 atom stereocenters. The molecule has 0 saturated heterocycles. The van der Waals surface area contributed by atoms with Crippen LogP contribution in [0.15, 0.2) is 45.9 Å². The highest BCUT2D eigenvalue weighted by atomic mass is 79.9. The van der Waals surface area contributed by atoms with Gasteiger partial charge in [-0.05, 0) is 47.5 Å². The molecule has 0 unspecified atom stereocenters. The van der Waals surface area contributed by atoms with Crippen LogP contribution in [0.1, 0.15) is 12.5 Å². The molecule has 0 saturated carbocycles. The van der Waals surface area contributed by atoms with Crippen molar-refractivity contribution >= 4 is 37.5 Å². The number of hydrogen-bond donors (Lipinski definition) is 2. The monoisotopic (exact) mass is 369 g/mol. The van der Waals surface area contributed by atoms with Crippen LogP contribution in [0, 0.1) is 6.92 Å². The van der Waals surface area contributed by atoms with Gasteiger partial charge in [-0.1, -0.05) is 12.1 Å². The van der Waals surface area contributed by atoms with Gasteiger partial charge in [-0.15, -0.1) is 0 Å². The number of sulfonamides is 1. The van der Waals surface area contributed by atoms with Crippen molar-refractivity contribution in [1.82, 2.24) is 4.98 Å². The highest BCUT2D eigenvalue weighted by Gasteiger charge is 2.16. The van der Waals surface area contributed by atoms with Crippen LogP contribution < -0.4 is 10.0 Å². The summed E-state index contributed by atoms with van der Waals surface area (Å²) in [6.45, 7) is 4.50. The minimum atomic E-state index is -3.65. The average molecular weight is 370 g/mol. The van der Waals surface area contributed by atoms with E-state index >= 15 is 0 Å². The Hall–Kier alpha value is -1.60. The number of rotatable bonds is 5. The largest absolute Gasteiger partial charge is 0.370 e. The summed E-state index contributed by atoms with van der Waals surface area (Å²) >= 11 is 3.39. The van der Waals surface area contributed by atoms with Crippen molar-refractivity contribution in [3.8, 4) is 0 Å². The normalized spacial score (nSPS) is 11.2. The minimum absolute atomic E-state index is 0.168. The Bertz CT molecular complexity index is 748. The second-order valence-corrected chi connectivity index (χ2v) is 6.92. The van der Waals surface area contributed by atoms with Gasteiger partial charge in [0.25, 0.3) is 10.0 Å². The zero-order valence-electron chi connectivity index (χ0n) is 11.7. The average Bonchev–Trinajstić information content (AvgIpc) is 2.44. The Morgan fingerprint density at radius 1 is 1.29 bits per heavy atom. The summed E-state index contributed by atoms with van der Waals surface area (Å²) in [7, 11) is -3.65. The second kappa shape index (κ2) is 6.44. The molecule has 0 bridgehead atoms. The Morgan fingerprint density at radius 3 is 2.76 bits per heavy atom. The predicted octanol–water partition coefficient (Wildman–Crippen LogP) is 3.39. The molecular weight excluding hydrogens is 354 g/mol. The van der Waals surface area contributed by atoms with E-state index in [1.807, 2.05) is 19.9 Å². The van der Waals surface area contributed by atoms with Crippen LogP contribution in [0.5, 0.6) is 0 Å². The van der Waals surface area contributed by atoms with Crippen molar-refractivity contribution in [1.29, 1.82) is 0 Å². The summed E-state index contributed by atoms with van der Waals surface area (Å²) in [6.07, 6.45) is 1.47. The quantitative estimate of drug-likeness (QED) is 0.847. The third kappa shape index (κ3) is 3.74. The first-order valence-corrected chi connectivity index (χ1v) is 8.69. The number of pyridine rings is 1. The summed E-state index contributed by atoms with van der Waals surface area (Å²) in [5.41, 5.74) is 1.47. The zero-order chi connectivity index (χ0) is 15.5.